The lowest BCUT2D eigenvalue weighted by atomic mass is 9.89. The van der Waals surface area contributed by atoms with Gasteiger partial charge in [0, 0.05) is 41.9 Å². The quantitative estimate of drug-likeness (QED) is 0.867. The number of amides is 1. The fourth-order valence-corrected chi connectivity index (χ4v) is 4.05. The molecule has 0 aromatic carbocycles. The summed E-state index contributed by atoms with van der Waals surface area (Å²) >= 11 is 0. The van der Waals surface area contributed by atoms with Crippen LogP contribution in [0.3, 0.4) is 0 Å². The molecule has 0 spiro atoms. The summed E-state index contributed by atoms with van der Waals surface area (Å²) in [5, 5.41) is 4.11. The molecule has 0 saturated carbocycles. The average molecular weight is 326 g/mol. The molecule has 4 rings (SSSR count). The highest BCUT2D eigenvalue weighted by Gasteiger charge is 2.45. The summed E-state index contributed by atoms with van der Waals surface area (Å²) in [5.41, 5.74) is 0.864. The van der Waals surface area contributed by atoms with E-state index in [0.29, 0.717) is 23.8 Å². The van der Waals surface area contributed by atoms with E-state index in [-0.39, 0.29) is 17.7 Å². The zero-order valence-corrected chi connectivity index (χ0v) is 14.1. The predicted molar refractivity (Wildman–Crippen MR) is 88.0 cm³/mol. The molecule has 1 unspecified atom stereocenters. The van der Waals surface area contributed by atoms with Gasteiger partial charge in [-0.1, -0.05) is 19.0 Å². The molecule has 6 heteroatoms. The van der Waals surface area contributed by atoms with Crippen molar-refractivity contribution in [1.82, 2.24) is 20.0 Å². The van der Waals surface area contributed by atoms with Crippen LogP contribution in [0.25, 0.3) is 11.4 Å². The first kappa shape index (κ1) is 15.3. The monoisotopic (exact) mass is 326 g/mol. The average Bonchev–Trinajstić information content (AvgIpc) is 3.18. The fraction of sp³-hybridized carbons (Fsp3) is 0.556. The molecule has 0 radical (unpaired) electrons. The lowest BCUT2D eigenvalue weighted by Gasteiger charge is -2.38. The smallest absolute Gasteiger partial charge is 0.230 e. The molecule has 3 atom stereocenters. The maximum Gasteiger partial charge on any atom is 0.230 e. The highest BCUT2D eigenvalue weighted by molar-refractivity contribution is 5.79. The SMILES string of the molecule is CC(C)C(=O)N1[C@@H]2CC[C@H]1CC(c1nc(-c3cccnc3)no1)C2. The van der Waals surface area contributed by atoms with Gasteiger partial charge < -0.3 is 9.42 Å². The van der Waals surface area contributed by atoms with Crippen molar-refractivity contribution in [2.24, 2.45) is 5.92 Å². The molecule has 2 aromatic rings. The Balaban J connectivity index is 1.52. The van der Waals surface area contributed by atoms with Crippen molar-refractivity contribution >= 4 is 5.91 Å². The number of fused-ring (bicyclic) bond motifs is 2. The highest BCUT2D eigenvalue weighted by atomic mass is 16.5. The highest BCUT2D eigenvalue weighted by Crippen LogP contribution is 2.43. The van der Waals surface area contributed by atoms with Gasteiger partial charge >= 0.3 is 0 Å². The topological polar surface area (TPSA) is 72.1 Å². The third-order valence-corrected chi connectivity index (χ3v) is 5.19. The van der Waals surface area contributed by atoms with Gasteiger partial charge in [-0.05, 0) is 37.8 Å². The number of carbonyl (C=O) groups excluding carboxylic acids is 1. The predicted octanol–water partition coefficient (Wildman–Crippen LogP) is 3.02. The summed E-state index contributed by atoms with van der Waals surface area (Å²) in [7, 11) is 0. The number of hydrogen-bond acceptors (Lipinski definition) is 5. The number of nitrogens with zero attached hydrogens (tertiary/aromatic N) is 4. The molecule has 126 valence electrons. The molecule has 4 heterocycles. The summed E-state index contributed by atoms with van der Waals surface area (Å²) in [6, 6.07) is 4.42. The largest absolute Gasteiger partial charge is 0.339 e. The molecular formula is C18H22N4O2. The number of pyridine rings is 1. The summed E-state index contributed by atoms with van der Waals surface area (Å²) in [5.74, 6) is 1.87. The Hall–Kier alpha value is -2.24. The Morgan fingerprint density at radius 3 is 2.67 bits per heavy atom. The molecule has 0 N–H and O–H groups in total. The van der Waals surface area contributed by atoms with Crippen LogP contribution < -0.4 is 0 Å². The van der Waals surface area contributed by atoms with Gasteiger partial charge in [0.25, 0.3) is 0 Å². The number of hydrogen-bond donors (Lipinski definition) is 0. The van der Waals surface area contributed by atoms with Gasteiger partial charge in [-0.2, -0.15) is 4.98 Å². The number of carbonyl (C=O) groups is 1. The van der Waals surface area contributed by atoms with Gasteiger partial charge in [0.2, 0.25) is 17.6 Å². The summed E-state index contributed by atoms with van der Waals surface area (Å²) in [6.45, 7) is 3.96. The minimum Gasteiger partial charge on any atom is -0.339 e. The maximum atomic E-state index is 12.5. The van der Waals surface area contributed by atoms with Crippen LogP contribution in [0.4, 0.5) is 0 Å². The van der Waals surface area contributed by atoms with Gasteiger partial charge in [-0.25, -0.2) is 0 Å². The van der Waals surface area contributed by atoms with Crippen molar-refractivity contribution in [3.8, 4) is 11.4 Å². The van der Waals surface area contributed by atoms with E-state index < -0.39 is 0 Å². The first-order chi connectivity index (χ1) is 11.6. The minimum atomic E-state index is 0.0604. The molecule has 2 aromatic heterocycles. The molecule has 2 aliphatic heterocycles. The van der Waals surface area contributed by atoms with E-state index in [1.54, 1.807) is 12.4 Å². The van der Waals surface area contributed by atoms with Crippen LogP contribution in [-0.2, 0) is 4.79 Å². The van der Waals surface area contributed by atoms with Crippen molar-refractivity contribution in [1.29, 1.82) is 0 Å². The third kappa shape index (κ3) is 2.60. The lowest BCUT2D eigenvalue weighted by molar-refractivity contribution is -0.139. The standard InChI is InChI=1S/C18H22N4O2/c1-11(2)18(23)22-14-5-6-15(22)9-13(8-14)17-20-16(21-24-17)12-4-3-7-19-10-12/h3-4,7,10-11,13-15H,5-6,8-9H2,1-2H3/t13?,14-,15+. The van der Waals surface area contributed by atoms with Crippen LogP contribution in [0, 0.1) is 5.92 Å². The lowest BCUT2D eigenvalue weighted by Crippen LogP contribution is -2.47. The zero-order valence-electron chi connectivity index (χ0n) is 14.1. The molecule has 24 heavy (non-hydrogen) atoms. The van der Waals surface area contributed by atoms with Crippen molar-refractivity contribution in [3.63, 3.8) is 0 Å². The number of rotatable bonds is 3. The Labute approximate surface area is 141 Å². The van der Waals surface area contributed by atoms with Crippen LogP contribution in [-0.4, -0.2) is 38.0 Å². The van der Waals surface area contributed by atoms with Gasteiger partial charge in [0.05, 0.1) is 0 Å². The van der Waals surface area contributed by atoms with Crippen LogP contribution in [0.5, 0.6) is 0 Å². The van der Waals surface area contributed by atoms with E-state index >= 15 is 0 Å². The van der Waals surface area contributed by atoms with Crippen molar-refractivity contribution < 1.29 is 9.32 Å². The van der Waals surface area contributed by atoms with Crippen LogP contribution in [0.15, 0.2) is 29.0 Å². The normalized spacial score (nSPS) is 26.1. The van der Waals surface area contributed by atoms with Gasteiger partial charge in [-0.15, -0.1) is 0 Å². The Morgan fingerprint density at radius 2 is 2.04 bits per heavy atom. The first-order valence-electron chi connectivity index (χ1n) is 8.69. The minimum absolute atomic E-state index is 0.0604. The molecule has 0 aliphatic carbocycles. The van der Waals surface area contributed by atoms with E-state index in [1.165, 1.54) is 0 Å². The maximum absolute atomic E-state index is 12.5. The number of piperidine rings is 1. The summed E-state index contributed by atoms with van der Waals surface area (Å²) in [6.07, 6.45) is 7.48. The Bertz CT molecular complexity index is 714. The summed E-state index contributed by atoms with van der Waals surface area (Å²) < 4.78 is 5.53. The second-order valence-corrected chi connectivity index (χ2v) is 7.15. The van der Waals surface area contributed by atoms with Crippen molar-refractivity contribution in [3.05, 3.63) is 30.4 Å². The van der Waals surface area contributed by atoms with E-state index in [4.69, 9.17) is 4.52 Å². The zero-order chi connectivity index (χ0) is 16.7. The second-order valence-electron chi connectivity index (χ2n) is 7.15. The van der Waals surface area contributed by atoms with Crippen molar-refractivity contribution in [2.45, 2.75) is 57.5 Å². The molecule has 2 aliphatic rings. The van der Waals surface area contributed by atoms with Gasteiger partial charge in [0.1, 0.15) is 0 Å². The van der Waals surface area contributed by atoms with E-state index in [9.17, 15) is 4.79 Å². The van der Waals surface area contributed by atoms with E-state index in [1.807, 2.05) is 26.0 Å². The molecule has 6 nitrogen and oxygen atoms in total. The van der Waals surface area contributed by atoms with Crippen LogP contribution in [0.1, 0.15) is 51.3 Å². The number of aromatic nitrogens is 3. The van der Waals surface area contributed by atoms with Crippen LogP contribution >= 0.6 is 0 Å². The molecular weight excluding hydrogens is 304 g/mol. The van der Waals surface area contributed by atoms with E-state index in [2.05, 4.69) is 20.0 Å². The molecule has 2 saturated heterocycles. The van der Waals surface area contributed by atoms with Gasteiger partial charge in [0.15, 0.2) is 0 Å². The summed E-state index contributed by atoms with van der Waals surface area (Å²) in [4.78, 5) is 23.3. The van der Waals surface area contributed by atoms with Crippen molar-refractivity contribution in [2.75, 3.05) is 0 Å². The Morgan fingerprint density at radius 1 is 1.29 bits per heavy atom. The Kier molecular flexibility index (Phi) is 3.82. The van der Waals surface area contributed by atoms with Gasteiger partial charge in [-0.3, -0.25) is 9.78 Å². The molecule has 2 fully saturated rings. The molecule has 1 amide bonds. The fourth-order valence-electron chi connectivity index (χ4n) is 4.05. The first-order valence-corrected chi connectivity index (χ1v) is 8.69. The second kappa shape index (κ2) is 6.00. The van der Waals surface area contributed by atoms with E-state index in [0.717, 1.165) is 31.2 Å². The molecule has 2 bridgehead atoms. The van der Waals surface area contributed by atoms with Crippen LogP contribution in [0.2, 0.25) is 0 Å². The third-order valence-electron chi connectivity index (χ3n) is 5.19.